The molecule has 108 valence electrons. The van der Waals surface area contributed by atoms with E-state index < -0.39 is 0 Å². The van der Waals surface area contributed by atoms with Crippen molar-refractivity contribution in [2.24, 2.45) is 0 Å². The summed E-state index contributed by atoms with van der Waals surface area (Å²) in [6.07, 6.45) is 2.96. The largest absolute Gasteiger partial charge is 0.496 e. The molecule has 0 aliphatic heterocycles. The Morgan fingerprint density at radius 3 is 2.53 bits per heavy atom. The Balaban J connectivity index is 2.80. The van der Waals surface area contributed by atoms with Crippen LogP contribution in [0.4, 0.5) is 0 Å². The van der Waals surface area contributed by atoms with E-state index in [0.717, 1.165) is 29.0 Å². The predicted molar refractivity (Wildman–Crippen MR) is 77.9 cm³/mol. The van der Waals surface area contributed by atoms with Gasteiger partial charge in [0.1, 0.15) is 5.75 Å². The van der Waals surface area contributed by atoms with Crippen LogP contribution in [-0.4, -0.2) is 37.9 Å². The summed E-state index contributed by atoms with van der Waals surface area (Å²) in [7, 11) is 3.66. The molecular formula is C15H26N2O2. The van der Waals surface area contributed by atoms with Gasteiger partial charge in [-0.15, -0.1) is 0 Å². The van der Waals surface area contributed by atoms with Gasteiger partial charge in [0.25, 0.3) is 0 Å². The topological polar surface area (TPSA) is 43.4 Å². The quantitative estimate of drug-likeness (QED) is 0.822. The summed E-state index contributed by atoms with van der Waals surface area (Å²) in [5, 5.41) is 3.28. The molecule has 0 aliphatic carbocycles. The second-order valence-corrected chi connectivity index (χ2v) is 5.12. The second-order valence-electron chi connectivity index (χ2n) is 5.12. The van der Waals surface area contributed by atoms with Gasteiger partial charge >= 0.3 is 0 Å². The van der Waals surface area contributed by atoms with Crippen LogP contribution in [0.2, 0.25) is 0 Å². The SMILES string of the molecule is CNC(COC(C)C)Cc1ncc(C)c(OC)c1C. The normalized spacial score (nSPS) is 12.8. The van der Waals surface area contributed by atoms with E-state index in [1.807, 2.05) is 34.0 Å². The van der Waals surface area contributed by atoms with E-state index >= 15 is 0 Å². The summed E-state index contributed by atoms with van der Waals surface area (Å²) in [5.41, 5.74) is 3.25. The summed E-state index contributed by atoms with van der Waals surface area (Å²) in [5.74, 6) is 0.935. The first-order valence-corrected chi connectivity index (χ1v) is 6.77. The van der Waals surface area contributed by atoms with Crippen LogP contribution < -0.4 is 10.1 Å². The fourth-order valence-corrected chi connectivity index (χ4v) is 2.06. The van der Waals surface area contributed by atoms with E-state index in [4.69, 9.17) is 9.47 Å². The van der Waals surface area contributed by atoms with Crippen LogP contribution in [0.5, 0.6) is 5.75 Å². The number of aromatic nitrogens is 1. The number of hydrogen-bond acceptors (Lipinski definition) is 4. The molecule has 1 N–H and O–H groups in total. The standard InChI is InChI=1S/C15H26N2O2/c1-10(2)19-9-13(16-5)7-14-12(4)15(18-6)11(3)8-17-14/h8,10,13,16H,7,9H2,1-6H3. The first-order chi connectivity index (χ1) is 8.99. The van der Waals surface area contributed by atoms with E-state index in [2.05, 4.69) is 17.2 Å². The van der Waals surface area contributed by atoms with E-state index in [1.165, 1.54) is 0 Å². The van der Waals surface area contributed by atoms with Crippen LogP contribution in [0.1, 0.15) is 30.7 Å². The summed E-state index contributed by atoms with van der Waals surface area (Å²) >= 11 is 0. The van der Waals surface area contributed by atoms with Crippen molar-refractivity contribution in [3.63, 3.8) is 0 Å². The van der Waals surface area contributed by atoms with E-state index in [-0.39, 0.29) is 12.1 Å². The minimum absolute atomic E-state index is 0.248. The smallest absolute Gasteiger partial charge is 0.128 e. The Hall–Kier alpha value is -1.13. The zero-order chi connectivity index (χ0) is 14.4. The van der Waals surface area contributed by atoms with Crippen molar-refractivity contribution < 1.29 is 9.47 Å². The van der Waals surface area contributed by atoms with E-state index in [1.54, 1.807) is 7.11 Å². The Labute approximate surface area is 116 Å². The second kappa shape index (κ2) is 7.46. The maximum atomic E-state index is 5.67. The van der Waals surface area contributed by atoms with Crippen LogP contribution in [0, 0.1) is 13.8 Å². The van der Waals surface area contributed by atoms with Crippen molar-refractivity contribution in [1.82, 2.24) is 10.3 Å². The van der Waals surface area contributed by atoms with E-state index in [0.29, 0.717) is 6.61 Å². The van der Waals surface area contributed by atoms with Gasteiger partial charge in [-0.1, -0.05) is 0 Å². The van der Waals surface area contributed by atoms with Gasteiger partial charge in [-0.05, 0) is 34.7 Å². The Morgan fingerprint density at radius 2 is 2.00 bits per heavy atom. The highest BCUT2D eigenvalue weighted by molar-refractivity contribution is 5.41. The molecule has 1 atom stereocenters. The van der Waals surface area contributed by atoms with Gasteiger partial charge in [0.2, 0.25) is 0 Å². The Morgan fingerprint density at radius 1 is 1.32 bits per heavy atom. The number of rotatable bonds is 7. The minimum atomic E-state index is 0.248. The number of nitrogens with one attached hydrogen (secondary N) is 1. The van der Waals surface area contributed by atoms with Crippen molar-refractivity contribution in [2.75, 3.05) is 20.8 Å². The lowest BCUT2D eigenvalue weighted by Gasteiger charge is -2.19. The summed E-state index contributed by atoms with van der Waals surface area (Å²) in [6, 6.07) is 0.265. The molecule has 0 spiro atoms. The van der Waals surface area contributed by atoms with Crippen LogP contribution in [0.3, 0.4) is 0 Å². The molecule has 0 radical (unpaired) electrons. The lowest BCUT2D eigenvalue weighted by Crippen LogP contribution is -2.34. The van der Waals surface area contributed by atoms with Crippen LogP contribution >= 0.6 is 0 Å². The third-order valence-corrected chi connectivity index (χ3v) is 3.23. The predicted octanol–water partition coefficient (Wildman–Crippen LogP) is 2.26. The number of methoxy groups -OCH3 is 1. The molecule has 1 aromatic heterocycles. The average Bonchev–Trinajstić information content (AvgIpc) is 2.37. The highest BCUT2D eigenvalue weighted by Gasteiger charge is 2.14. The molecule has 0 saturated heterocycles. The molecule has 0 aliphatic rings. The first kappa shape index (κ1) is 15.9. The zero-order valence-electron chi connectivity index (χ0n) is 12.9. The van der Waals surface area contributed by atoms with Crippen LogP contribution in [-0.2, 0) is 11.2 Å². The third kappa shape index (κ3) is 4.48. The zero-order valence-corrected chi connectivity index (χ0v) is 12.9. The molecule has 4 nitrogen and oxygen atoms in total. The molecule has 0 amide bonds. The van der Waals surface area contributed by atoms with Crippen molar-refractivity contribution in [3.05, 3.63) is 23.0 Å². The molecule has 0 aromatic carbocycles. The number of hydrogen-bond donors (Lipinski definition) is 1. The Kier molecular flexibility index (Phi) is 6.25. The van der Waals surface area contributed by atoms with Gasteiger partial charge in [-0.25, -0.2) is 0 Å². The third-order valence-electron chi connectivity index (χ3n) is 3.23. The number of likely N-dealkylation sites (N-methyl/N-ethyl adjacent to an activating group) is 1. The highest BCUT2D eigenvalue weighted by atomic mass is 16.5. The van der Waals surface area contributed by atoms with Crippen molar-refractivity contribution in [2.45, 2.75) is 46.3 Å². The van der Waals surface area contributed by atoms with Crippen LogP contribution in [0.15, 0.2) is 6.20 Å². The lowest BCUT2D eigenvalue weighted by molar-refractivity contribution is 0.0625. The number of pyridine rings is 1. The van der Waals surface area contributed by atoms with E-state index in [9.17, 15) is 0 Å². The van der Waals surface area contributed by atoms with Crippen LogP contribution in [0.25, 0.3) is 0 Å². The van der Waals surface area contributed by atoms with Gasteiger partial charge in [0.15, 0.2) is 0 Å². The van der Waals surface area contributed by atoms with Gasteiger partial charge in [-0.3, -0.25) is 4.98 Å². The molecule has 0 fully saturated rings. The molecular weight excluding hydrogens is 240 g/mol. The van der Waals surface area contributed by atoms with Crippen molar-refractivity contribution in [1.29, 1.82) is 0 Å². The van der Waals surface area contributed by atoms with Gasteiger partial charge in [0, 0.05) is 35.5 Å². The lowest BCUT2D eigenvalue weighted by atomic mass is 10.0. The molecule has 0 saturated carbocycles. The van der Waals surface area contributed by atoms with Crippen molar-refractivity contribution in [3.8, 4) is 5.75 Å². The van der Waals surface area contributed by atoms with Gasteiger partial charge < -0.3 is 14.8 Å². The molecule has 1 unspecified atom stereocenters. The molecule has 0 bridgehead atoms. The fourth-order valence-electron chi connectivity index (χ4n) is 2.06. The maximum Gasteiger partial charge on any atom is 0.128 e. The maximum absolute atomic E-state index is 5.67. The Bertz CT molecular complexity index is 405. The van der Waals surface area contributed by atoms with Gasteiger partial charge in [0.05, 0.1) is 19.8 Å². The van der Waals surface area contributed by atoms with Gasteiger partial charge in [-0.2, -0.15) is 0 Å². The minimum Gasteiger partial charge on any atom is -0.496 e. The first-order valence-electron chi connectivity index (χ1n) is 6.77. The number of ether oxygens (including phenoxy) is 2. The molecule has 4 heteroatoms. The monoisotopic (exact) mass is 266 g/mol. The summed E-state index contributed by atoms with van der Waals surface area (Å²) in [6.45, 7) is 8.85. The molecule has 1 aromatic rings. The average molecular weight is 266 g/mol. The molecule has 1 heterocycles. The summed E-state index contributed by atoms with van der Waals surface area (Å²) < 4.78 is 11.1. The fraction of sp³-hybridized carbons (Fsp3) is 0.667. The van der Waals surface area contributed by atoms with Crippen molar-refractivity contribution >= 4 is 0 Å². The number of nitrogens with zero attached hydrogens (tertiary/aromatic N) is 1. The molecule has 1 rings (SSSR count). The number of aryl methyl sites for hydroxylation is 1. The highest BCUT2D eigenvalue weighted by Crippen LogP contribution is 2.24. The molecule has 19 heavy (non-hydrogen) atoms. The summed E-state index contributed by atoms with van der Waals surface area (Å²) in [4.78, 5) is 4.53.